The number of carbonyl (C=O) groups is 1. The molecule has 0 saturated carbocycles. The molecule has 4 nitrogen and oxygen atoms in total. The maximum absolute atomic E-state index is 11.9. The number of hydrogen-bond acceptors (Lipinski definition) is 2. The summed E-state index contributed by atoms with van der Waals surface area (Å²) in [4.78, 5) is 11.9. The lowest BCUT2D eigenvalue weighted by Crippen LogP contribution is -2.42. The second-order valence-corrected chi connectivity index (χ2v) is 5.93. The van der Waals surface area contributed by atoms with Crippen molar-refractivity contribution in [2.45, 2.75) is 59.2 Å². The van der Waals surface area contributed by atoms with Crippen molar-refractivity contribution in [3.63, 3.8) is 0 Å². The van der Waals surface area contributed by atoms with Gasteiger partial charge in [0, 0.05) is 24.0 Å². The normalized spacial score (nSPS) is 13.3. The lowest BCUT2D eigenvalue weighted by Gasteiger charge is -2.20. The number of hydrogen-bond donors (Lipinski definition) is 2. The fourth-order valence-corrected chi connectivity index (χ4v) is 2.13. The monoisotopic (exact) mass is 265 g/mol. The summed E-state index contributed by atoms with van der Waals surface area (Å²) >= 11 is 0. The second kappa shape index (κ2) is 6.75. The number of nitrogens with zero attached hydrogens (tertiary/aromatic N) is 1. The van der Waals surface area contributed by atoms with E-state index in [-0.39, 0.29) is 11.4 Å². The van der Waals surface area contributed by atoms with Gasteiger partial charge in [-0.25, -0.2) is 0 Å². The Balaban J connectivity index is 2.62. The second-order valence-electron chi connectivity index (χ2n) is 5.93. The van der Waals surface area contributed by atoms with Crippen molar-refractivity contribution in [3.8, 4) is 0 Å². The zero-order chi connectivity index (χ0) is 14.5. The maximum Gasteiger partial charge on any atom is 0.240 e. The van der Waals surface area contributed by atoms with Gasteiger partial charge in [0.15, 0.2) is 0 Å². The van der Waals surface area contributed by atoms with E-state index in [2.05, 4.69) is 36.7 Å². The van der Waals surface area contributed by atoms with Gasteiger partial charge < -0.3 is 15.2 Å². The Morgan fingerprint density at radius 2 is 2.05 bits per heavy atom. The van der Waals surface area contributed by atoms with Crippen LogP contribution in [-0.4, -0.2) is 22.6 Å². The van der Waals surface area contributed by atoms with Crippen molar-refractivity contribution in [2.24, 2.45) is 0 Å². The van der Waals surface area contributed by atoms with Crippen LogP contribution in [0, 0.1) is 0 Å². The average molecular weight is 265 g/mol. The Morgan fingerprint density at radius 1 is 1.37 bits per heavy atom. The smallest absolute Gasteiger partial charge is 0.240 e. The molecule has 0 radical (unpaired) electrons. The molecule has 1 aromatic heterocycles. The highest BCUT2D eigenvalue weighted by Crippen LogP contribution is 2.16. The molecular weight excluding hydrogens is 238 g/mol. The van der Waals surface area contributed by atoms with E-state index in [1.807, 2.05) is 31.5 Å². The number of aromatic nitrogens is 1. The highest BCUT2D eigenvalue weighted by atomic mass is 16.2. The summed E-state index contributed by atoms with van der Waals surface area (Å²) in [5.41, 5.74) is 1.07. The van der Waals surface area contributed by atoms with E-state index >= 15 is 0 Å². The quantitative estimate of drug-likeness (QED) is 0.830. The van der Waals surface area contributed by atoms with Gasteiger partial charge in [-0.05, 0) is 45.4 Å². The molecule has 1 aromatic rings. The van der Waals surface area contributed by atoms with Crippen LogP contribution in [0.25, 0.3) is 0 Å². The molecule has 0 bridgehead atoms. The first-order valence-corrected chi connectivity index (χ1v) is 7.05. The molecule has 0 saturated heterocycles. The van der Waals surface area contributed by atoms with Gasteiger partial charge in [-0.1, -0.05) is 13.8 Å². The van der Waals surface area contributed by atoms with Gasteiger partial charge in [0.05, 0.1) is 0 Å². The van der Waals surface area contributed by atoms with E-state index in [1.54, 1.807) is 0 Å². The third-order valence-corrected chi connectivity index (χ3v) is 2.88. The Hall–Kier alpha value is -1.29. The van der Waals surface area contributed by atoms with Crippen molar-refractivity contribution in [2.75, 3.05) is 6.54 Å². The van der Waals surface area contributed by atoms with Gasteiger partial charge in [0.1, 0.15) is 6.54 Å². The summed E-state index contributed by atoms with van der Waals surface area (Å²) in [6, 6.07) is 2.46. The highest BCUT2D eigenvalue weighted by molar-refractivity contribution is 5.76. The highest BCUT2D eigenvalue weighted by Gasteiger charge is 2.14. The van der Waals surface area contributed by atoms with Crippen molar-refractivity contribution in [3.05, 3.63) is 24.0 Å². The van der Waals surface area contributed by atoms with Crippen LogP contribution in [-0.2, 0) is 11.3 Å². The van der Waals surface area contributed by atoms with E-state index in [0.29, 0.717) is 12.6 Å². The number of rotatable bonds is 6. The molecular formula is C15H27N3O. The molecule has 0 aliphatic heterocycles. The summed E-state index contributed by atoms with van der Waals surface area (Å²) in [7, 11) is 0. The summed E-state index contributed by atoms with van der Waals surface area (Å²) in [5, 5.41) is 6.41. The minimum Gasteiger partial charge on any atom is -0.350 e. The Bertz CT molecular complexity index is 404. The Kier molecular flexibility index (Phi) is 5.60. The largest absolute Gasteiger partial charge is 0.350 e. The molecule has 1 amide bonds. The maximum atomic E-state index is 11.9. The minimum atomic E-state index is -0.178. The van der Waals surface area contributed by atoms with Crippen LogP contribution >= 0.6 is 0 Å². The average Bonchev–Trinajstić information content (AvgIpc) is 2.71. The van der Waals surface area contributed by atoms with Crippen LogP contribution < -0.4 is 10.6 Å². The summed E-state index contributed by atoms with van der Waals surface area (Å²) in [6.07, 6.45) is 5.07. The fraction of sp³-hybridized carbons (Fsp3) is 0.667. The molecule has 1 heterocycles. The predicted octanol–water partition coefficient (Wildman–Crippen LogP) is 2.46. The molecule has 1 unspecified atom stereocenters. The van der Waals surface area contributed by atoms with E-state index in [4.69, 9.17) is 0 Å². The van der Waals surface area contributed by atoms with Crippen LogP contribution in [0.3, 0.4) is 0 Å². The van der Waals surface area contributed by atoms with E-state index < -0.39 is 0 Å². The van der Waals surface area contributed by atoms with Gasteiger partial charge in [-0.15, -0.1) is 0 Å². The van der Waals surface area contributed by atoms with Crippen LogP contribution in [0.15, 0.2) is 18.5 Å². The zero-order valence-electron chi connectivity index (χ0n) is 12.8. The van der Waals surface area contributed by atoms with Gasteiger partial charge >= 0.3 is 0 Å². The molecule has 0 aliphatic carbocycles. The molecule has 0 aromatic carbocycles. The first-order valence-electron chi connectivity index (χ1n) is 7.05. The summed E-state index contributed by atoms with van der Waals surface area (Å²) < 4.78 is 1.94. The molecule has 0 spiro atoms. The van der Waals surface area contributed by atoms with Gasteiger partial charge in [0.2, 0.25) is 5.91 Å². The zero-order valence-corrected chi connectivity index (χ0v) is 12.8. The molecule has 2 N–H and O–H groups in total. The van der Waals surface area contributed by atoms with Crippen molar-refractivity contribution in [1.29, 1.82) is 0 Å². The molecule has 0 fully saturated rings. The molecule has 108 valence electrons. The first kappa shape index (κ1) is 15.8. The van der Waals surface area contributed by atoms with Crippen LogP contribution in [0.4, 0.5) is 0 Å². The topological polar surface area (TPSA) is 46.1 Å². The Labute approximate surface area is 116 Å². The number of amides is 1. The number of nitrogens with one attached hydrogen (secondary N) is 2. The van der Waals surface area contributed by atoms with Crippen LogP contribution in [0.2, 0.25) is 0 Å². The number of carbonyl (C=O) groups excluding carboxylic acids is 1. The molecule has 1 rings (SSSR count). The standard InChI is InChI=1S/C15H27N3O/c1-6-13(16-7-2)12-8-9-18(10-12)11-14(19)17-15(3,4)5/h8-10,13,16H,6-7,11H2,1-5H3,(H,17,19). The molecule has 1 atom stereocenters. The van der Waals surface area contributed by atoms with E-state index in [0.717, 1.165) is 13.0 Å². The summed E-state index contributed by atoms with van der Waals surface area (Å²) in [6.45, 7) is 11.6. The van der Waals surface area contributed by atoms with Crippen LogP contribution in [0.5, 0.6) is 0 Å². The predicted molar refractivity (Wildman–Crippen MR) is 79.0 cm³/mol. The van der Waals surface area contributed by atoms with E-state index in [9.17, 15) is 4.79 Å². The van der Waals surface area contributed by atoms with E-state index in [1.165, 1.54) is 5.56 Å². The van der Waals surface area contributed by atoms with Crippen molar-refractivity contribution >= 4 is 5.91 Å². The first-order chi connectivity index (χ1) is 8.85. The lowest BCUT2D eigenvalue weighted by molar-refractivity contribution is -0.123. The van der Waals surface area contributed by atoms with Gasteiger partial charge in [0.25, 0.3) is 0 Å². The van der Waals surface area contributed by atoms with Gasteiger partial charge in [-0.2, -0.15) is 0 Å². The summed E-state index contributed by atoms with van der Waals surface area (Å²) in [5.74, 6) is 0.0474. The van der Waals surface area contributed by atoms with Gasteiger partial charge in [-0.3, -0.25) is 4.79 Å². The minimum absolute atomic E-state index is 0.0474. The third-order valence-electron chi connectivity index (χ3n) is 2.88. The van der Waals surface area contributed by atoms with Crippen LogP contribution in [0.1, 0.15) is 52.6 Å². The third kappa shape index (κ3) is 5.47. The fourth-order valence-electron chi connectivity index (χ4n) is 2.13. The Morgan fingerprint density at radius 3 is 2.58 bits per heavy atom. The molecule has 4 heteroatoms. The van der Waals surface area contributed by atoms with Crippen molar-refractivity contribution in [1.82, 2.24) is 15.2 Å². The molecule has 19 heavy (non-hydrogen) atoms. The lowest BCUT2D eigenvalue weighted by atomic mass is 10.1. The van der Waals surface area contributed by atoms with Crippen molar-refractivity contribution < 1.29 is 4.79 Å². The SMILES string of the molecule is CCNC(CC)c1ccn(CC(=O)NC(C)(C)C)c1. The molecule has 0 aliphatic rings.